The highest BCUT2D eigenvalue weighted by atomic mass is 16.7. The summed E-state index contributed by atoms with van der Waals surface area (Å²) in [4.78, 5) is 12.7. The molecule has 2 aliphatic heterocycles. The van der Waals surface area contributed by atoms with Crippen LogP contribution in [-0.2, 0) is 16.1 Å². The van der Waals surface area contributed by atoms with Crippen LogP contribution in [0.2, 0.25) is 0 Å². The maximum atomic E-state index is 12.7. The zero-order chi connectivity index (χ0) is 15.4. The van der Waals surface area contributed by atoms with E-state index in [1.807, 2.05) is 18.2 Å². The zero-order valence-corrected chi connectivity index (χ0v) is 12.8. The summed E-state index contributed by atoms with van der Waals surface area (Å²) in [6, 6.07) is 5.72. The lowest BCUT2D eigenvalue weighted by molar-refractivity contribution is -0.136. The van der Waals surface area contributed by atoms with Crippen LogP contribution in [0.25, 0.3) is 0 Å². The Morgan fingerprint density at radius 3 is 2.95 bits per heavy atom. The third-order valence-corrected chi connectivity index (χ3v) is 4.38. The highest BCUT2D eigenvalue weighted by Gasteiger charge is 2.39. The number of carbonyl (C=O) groups is 1. The summed E-state index contributed by atoms with van der Waals surface area (Å²) in [6.07, 6.45) is 1.58. The van der Waals surface area contributed by atoms with Gasteiger partial charge in [0.1, 0.15) is 0 Å². The van der Waals surface area contributed by atoms with Crippen LogP contribution in [0.1, 0.15) is 18.4 Å². The second-order valence-corrected chi connectivity index (χ2v) is 5.80. The molecule has 0 spiro atoms. The molecule has 1 amide bonds. The largest absolute Gasteiger partial charge is 0.454 e. The first-order chi connectivity index (χ1) is 10.7. The van der Waals surface area contributed by atoms with E-state index in [9.17, 15) is 4.79 Å². The van der Waals surface area contributed by atoms with Gasteiger partial charge in [-0.15, -0.1) is 0 Å². The van der Waals surface area contributed by atoms with E-state index < -0.39 is 5.41 Å². The topological polar surface area (TPSA) is 68.8 Å². The fraction of sp³-hybridized carbons (Fsp3) is 0.562. The number of ether oxygens (including phenoxy) is 3. The molecular formula is C16H22N2O4. The lowest BCUT2D eigenvalue weighted by Crippen LogP contribution is -2.49. The monoisotopic (exact) mass is 306 g/mol. The van der Waals surface area contributed by atoms with E-state index in [2.05, 4.69) is 10.6 Å². The molecule has 6 heteroatoms. The average Bonchev–Trinajstić information content (AvgIpc) is 3.03. The summed E-state index contributed by atoms with van der Waals surface area (Å²) in [5.41, 5.74) is 0.500. The lowest BCUT2D eigenvalue weighted by Gasteiger charge is -2.35. The smallest absolute Gasteiger partial charge is 0.231 e. The number of amides is 1. The summed E-state index contributed by atoms with van der Waals surface area (Å²) in [5, 5.41) is 6.33. The summed E-state index contributed by atoms with van der Waals surface area (Å²) >= 11 is 0. The van der Waals surface area contributed by atoms with Gasteiger partial charge in [0.2, 0.25) is 12.7 Å². The van der Waals surface area contributed by atoms with Crippen molar-refractivity contribution in [3.63, 3.8) is 0 Å². The Hall–Kier alpha value is -1.79. The van der Waals surface area contributed by atoms with Gasteiger partial charge in [0.05, 0.1) is 12.0 Å². The Morgan fingerprint density at radius 2 is 2.18 bits per heavy atom. The minimum absolute atomic E-state index is 0.0485. The van der Waals surface area contributed by atoms with Crippen LogP contribution in [-0.4, -0.2) is 39.5 Å². The molecule has 0 bridgehead atoms. The summed E-state index contributed by atoms with van der Waals surface area (Å²) in [6.45, 7) is 2.81. The molecule has 0 aromatic heterocycles. The number of carbonyl (C=O) groups excluding carboxylic acids is 1. The number of para-hydroxylation sites is 1. The van der Waals surface area contributed by atoms with Crippen LogP contribution in [0.4, 0.5) is 0 Å². The number of nitrogens with one attached hydrogen (secondary N) is 2. The summed E-state index contributed by atoms with van der Waals surface area (Å²) in [7, 11) is 1.65. The number of hydrogen-bond acceptors (Lipinski definition) is 5. The van der Waals surface area contributed by atoms with Gasteiger partial charge in [0, 0.05) is 19.2 Å². The van der Waals surface area contributed by atoms with Crippen LogP contribution in [0.15, 0.2) is 18.2 Å². The van der Waals surface area contributed by atoms with Gasteiger partial charge in [-0.25, -0.2) is 0 Å². The first-order valence-corrected chi connectivity index (χ1v) is 7.61. The molecule has 1 aromatic carbocycles. The lowest BCUT2D eigenvalue weighted by atomic mass is 9.78. The third-order valence-electron chi connectivity index (χ3n) is 4.38. The van der Waals surface area contributed by atoms with Gasteiger partial charge in [0.15, 0.2) is 11.5 Å². The van der Waals surface area contributed by atoms with Gasteiger partial charge in [0.25, 0.3) is 0 Å². The Bertz CT molecular complexity index is 535. The fourth-order valence-corrected chi connectivity index (χ4v) is 3.11. The van der Waals surface area contributed by atoms with E-state index in [0.717, 1.165) is 43.0 Å². The predicted octanol–water partition coefficient (Wildman–Crippen LogP) is 1.05. The SMILES string of the molecule is COCC1(C(=O)NCc2cccc3c2OCO3)CCNCC1. The van der Waals surface area contributed by atoms with E-state index in [-0.39, 0.29) is 12.7 Å². The Morgan fingerprint density at radius 1 is 1.36 bits per heavy atom. The maximum absolute atomic E-state index is 12.7. The molecule has 0 radical (unpaired) electrons. The number of rotatable bonds is 5. The first kappa shape index (κ1) is 15.1. The maximum Gasteiger partial charge on any atom is 0.231 e. The summed E-state index contributed by atoms with van der Waals surface area (Å²) < 4.78 is 16.1. The van der Waals surface area contributed by atoms with Crippen molar-refractivity contribution in [3.05, 3.63) is 23.8 Å². The van der Waals surface area contributed by atoms with Gasteiger partial charge < -0.3 is 24.8 Å². The number of fused-ring (bicyclic) bond motifs is 1. The normalized spacial score (nSPS) is 19.0. The van der Waals surface area contributed by atoms with Gasteiger partial charge in [-0.2, -0.15) is 0 Å². The molecule has 2 N–H and O–H groups in total. The van der Waals surface area contributed by atoms with E-state index in [1.54, 1.807) is 7.11 Å². The highest BCUT2D eigenvalue weighted by Crippen LogP contribution is 2.35. The standard InChI is InChI=1S/C16H22N2O4/c1-20-10-16(5-7-17-8-6-16)15(19)18-9-12-3-2-4-13-14(12)22-11-21-13/h2-4,17H,5-11H2,1H3,(H,18,19). The van der Waals surface area contributed by atoms with Crippen molar-refractivity contribution in [2.75, 3.05) is 33.6 Å². The van der Waals surface area contributed by atoms with Crippen molar-refractivity contribution in [2.24, 2.45) is 5.41 Å². The second-order valence-electron chi connectivity index (χ2n) is 5.80. The fourth-order valence-electron chi connectivity index (χ4n) is 3.11. The molecule has 1 aromatic rings. The van der Waals surface area contributed by atoms with Crippen molar-refractivity contribution >= 4 is 5.91 Å². The molecule has 1 saturated heterocycles. The number of methoxy groups -OCH3 is 1. The van der Waals surface area contributed by atoms with Gasteiger partial charge in [-0.1, -0.05) is 12.1 Å². The van der Waals surface area contributed by atoms with Crippen LogP contribution in [0.3, 0.4) is 0 Å². The van der Waals surface area contributed by atoms with Crippen molar-refractivity contribution < 1.29 is 19.0 Å². The van der Waals surface area contributed by atoms with Crippen LogP contribution < -0.4 is 20.1 Å². The number of benzene rings is 1. The van der Waals surface area contributed by atoms with Crippen molar-refractivity contribution in [1.29, 1.82) is 0 Å². The number of piperidine rings is 1. The van der Waals surface area contributed by atoms with Crippen LogP contribution in [0, 0.1) is 5.41 Å². The quantitative estimate of drug-likeness (QED) is 0.851. The molecule has 2 heterocycles. The van der Waals surface area contributed by atoms with E-state index in [1.165, 1.54) is 0 Å². The van der Waals surface area contributed by atoms with Crippen LogP contribution in [0.5, 0.6) is 11.5 Å². The number of hydrogen-bond donors (Lipinski definition) is 2. The van der Waals surface area contributed by atoms with E-state index in [4.69, 9.17) is 14.2 Å². The first-order valence-electron chi connectivity index (χ1n) is 7.61. The molecular weight excluding hydrogens is 284 g/mol. The molecule has 2 aliphatic rings. The molecule has 6 nitrogen and oxygen atoms in total. The van der Waals surface area contributed by atoms with Gasteiger partial charge in [-0.3, -0.25) is 4.79 Å². The molecule has 0 saturated carbocycles. The van der Waals surface area contributed by atoms with Crippen LogP contribution >= 0.6 is 0 Å². The minimum Gasteiger partial charge on any atom is -0.454 e. The predicted molar refractivity (Wildman–Crippen MR) is 80.8 cm³/mol. The average molecular weight is 306 g/mol. The van der Waals surface area contributed by atoms with Crippen molar-refractivity contribution in [2.45, 2.75) is 19.4 Å². The minimum atomic E-state index is -0.435. The van der Waals surface area contributed by atoms with E-state index >= 15 is 0 Å². The summed E-state index contributed by atoms with van der Waals surface area (Å²) in [5.74, 6) is 1.52. The Labute approximate surface area is 130 Å². The molecule has 120 valence electrons. The second kappa shape index (κ2) is 6.54. The Balaban J connectivity index is 1.67. The molecule has 22 heavy (non-hydrogen) atoms. The molecule has 1 fully saturated rings. The Kier molecular flexibility index (Phi) is 4.49. The molecule has 0 aliphatic carbocycles. The van der Waals surface area contributed by atoms with Gasteiger partial charge >= 0.3 is 0 Å². The molecule has 0 atom stereocenters. The van der Waals surface area contributed by atoms with E-state index in [0.29, 0.717) is 13.2 Å². The zero-order valence-electron chi connectivity index (χ0n) is 12.8. The van der Waals surface area contributed by atoms with Crippen molar-refractivity contribution in [3.8, 4) is 11.5 Å². The third kappa shape index (κ3) is 2.89. The van der Waals surface area contributed by atoms with Crippen molar-refractivity contribution in [1.82, 2.24) is 10.6 Å². The molecule has 3 rings (SSSR count). The highest BCUT2D eigenvalue weighted by molar-refractivity contribution is 5.83. The molecule has 0 unspecified atom stereocenters. The van der Waals surface area contributed by atoms with Gasteiger partial charge in [-0.05, 0) is 32.0 Å².